The fraction of sp³-hybridized carbons (Fsp3) is 0.741. The Labute approximate surface area is 186 Å². The summed E-state index contributed by atoms with van der Waals surface area (Å²) in [5.74, 6) is 0.396. The minimum atomic E-state index is -0.517. The van der Waals surface area contributed by atoms with Crippen molar-refractivity contribution in [2.45, 2.75) is 129 Å². The molecule has 0 spiro atoms. The second kappa shape index (κ2) is 18.3. The molecule has 30 heavy (non-hydrogen) atoms. The Hall–Kier alpha value is -1.51. The van der Waals surface area contributed by atoms with E-state index >= 15 is 0 Å². The third kappa shape index (κ3) is 13.7. The van der Waals surface area contributed by atoms with Crippen LogP contribution in [0.15, 0.2) is 24.3 Å². The fourth-order valence-corrected chi connectivity index (χ4v) is 3.93. The van der Waals surface area contributed by atoms with Crippen molar-refractivity contribution in [1.82, 2.24) is 0 Å². The third-order valence-electron chi connectivity index (χ3n) is 5.88. The molecule has 3 nitrogen and oxygen atoms in total. The monoisotopic (exact) mass is 417 g/mol. The van der Waals surface area contributed by atoms with Crippen LogP contribution >= 0.6 is 0 Å². The van der Waals surface area contributed by atoms with Crippen LogP contribution in [0.5, 0.6) is 5.75 Å². The van der Waals surface area contributed by atoms with Crippen molar-refractivity contribution in [1.29, 1.82) is 0 Å². The van der Waals surface area contributed by atoms with Gasteiger partial charge >= 0.3 is 0 Å². The molecule has 0 aliphatic carbocycles. The lowest BCUT2D eigenvalue weighted by Crippen LogP contribution is -2.33. The van der Waals surface area contributed by atoms with Crippen molar-refractivity contribution >= 4 is 5.91 Å². The standard InChI is InChI=1S/C27H47NO2/c1-3-5-7-8-9-10-11-12-13-14-15-16-17-19-24-20-18-21-25(23-24)30-26(27(28)29)22-6-4-2/h18,20-21,23,26H,3-17,19,22H2,1-2H3,(H2,28,29). The molecule has 1 aromatic rings. The minimum Gasteiger partial charge on any atom is -0.481 e. The average Bonchev–Trinajstić information content (AvgIpc) is 2.74. The van der Waals surface area contributed by atoms with Crippen LogP contribution in [0.2, 0.25) is 0 Å². The molecule has 3 heteroatoms. The maximum atomic E-state index is 11.6. The molecule has 0 radical (unpaired) electrons. The van der Waals surface area contributed by atoms with Crippen LogP contribution in [0.25, 0.3) is 0 Å². The number of carbonyl (C=O) groups excluding carboxylic acids is 1. The van der Waals surface area contributed by atoms with E-state index in [1.165, 1.54) is 89.0 Å². The summed E-state index contributed by atoms with van der Waals surface area (Å²) in [6.45, 7) is 4.38. The normalized spacial score (nSPS) is 12.1. The molecule has 0 fully saturated rings. The zero-order chi connectivity index (χ0) is 21.9. The van der Waals surface area contributed by atoms with Crippen molar-refractivity contribution in [3.05, 3.63) is 29.8 Å². The highest BCUT2D eigenvalue weighted by atomic mass is 16.5. The number of carbonyl (C=O) groups is 1. The van der Waals surface area contributed by atoms with Gasteiger partial charge in [0.25, 0.3) is 5.91 Å². The molecule has 1 atom stereocenters. The van der Waals surface area contributed by atoms with Gasteiger partial charge in [-0.2, -0.15) is 0 Å². The number of aryl methyl sites for hydroxylation is 1. The summed E-state index contributed by atoms with van der Waals surface area (Å²) < 4.78 is 5.86. The molecule has 0 aliphatic heterocycles. The Kier molecular flexibility index (Phi) is 16.2. The minimum absolute atomic E-state index is 0.370. The number of amides is 1. The number of benzene rings is 1. The highest BCUT2D eigenvalue weighted by molar-refractivity contribution is 5.79. The summed E-state index contributed by atoms with van der Waals surface area (Å²) in [6, 6.07) is 8.17. The third-order valence-corrected chi connectivity index (χ3v) is 5.88. The predicted octanol–water partition coefficient (Wildman–Crippen LogP) is 7.74. The summed E-state index contributed by atoms with van der Waals surface area (Å²) in [4.78, 5) is 11.6. The highest BCUT2D eigenvalue weighted by Crippen LogP contribution is 2.19. The van der Waals surface area contributed by atoms with Crippen molar-refractivity contribution in [2.75, 3.05) is 0 Å². The molecule has 1 aromatic carbocycles. The SMILES string of the molecule is CCCCCCCCCCCCCCCc1cccc(OC(CCCC)C(N)=O)c1. The van der Waals surface area contributed by atoms with Gasteiger partial charge in [-0.15, -0.1) is 0 Å². The average molecular weight is 418 g/mol. The van der Waals surface area contributed by atoms with E-state index in [-0.39, 0.29) is 5.91 Å². The van der Waals surface area contributed by atoms with Gasteiger partial charge < -0.3 is 10.5 Å². The second-order valence-electron chi connectivity index (χ2n) is 8.79. The van der Waals surface area contributed by atoms with E-state index in [1.54, 1.807) is 0 Å². The predicted molar refractivity (Wildman–Crippen MR) is 129 cm³/mol. The van der Waals surface area contributed by atoms with Gasteiger partial charge in [-0.1, -0.05) is 109 Å². The lowest BCUT2D eigenvalue weighted by molar-refractivity contribution is -0.125. The molecule has 0 heterocycles. The number of unbranched alkanes of at least 4 members (excludes halogenated alkanes) is 13. The van der Waals surface area contributed by atoms with Gasteiger partial charge in [0, 0.05) is 0 Å². The summed E-state index contributed by atoms with van der Waals surface area (Å²) in [7, 11) is 0. The molecule has 0 bridgehead atoms. The largest absolute Gasteiger partial charge is 0.481 e. The van der Waals surface area contributed by atoms with Gasteiger partial charge in [-0.25, -0.2) is 0 Å². The molecule has 1 amide bonds. The van der Waals surface area contributed by atoms with Gasteiger partial charge in [-0.3, -0.25) is 4.79 Å². The van der Waals surface area contributed by atoms with Gasteiger partial charge in [-0.05, 0) is 43.4 Å². The van der Waals surface area contributed by atoms with E-state index in [0.717, 1.165) is 25.0 Å². The molecule has 0 saturated carbocycles. The molecule has 0 saturated heterocycles. The van der Waals surface area contributed by atoms with Crippen LogP contribution in [-0.2, 0) is 11.2 Å². The zero-order valence-corrected chi connectivity index (χ0v) is 19.8. The lowest BCUT2D eigenvalue weighted by atomic mass is 10.0. The Bertz CT molecular complexity index is 543. The Morgan fingerprint density at radius 1 is 0.800 bits per heavy atom. The molecule has 172 valence electrons. The molecule has 2 N–H and O–H groups in total. The number of hydrogen-bond donors (Lipinski definition) is 1. The smallest absolute Gasteiger partial charge is 0.258 e. The Morgan fingerprint density at radius 3 is 1.87 bits per heavy atom. The Balaban J connectivity index is 2.10. The van der Waals surface area contributed by atoms with Crippen LogP contribution in [0.1, 0.15) is 122 Å². The first-order valence-electron chi connectivity index (χ1n) is 12.7. The van der Waals surface area contributed by atoms with E-state index in [0.29, 0.717) is 6.42 Å². The first-order valence-corrected chi connectivity index (χ1v) is 12.7. The first kappa shape index (κ1) is 26.5. The van der Waals surface area contributed by atoms with E-state index in [2.05, 4.69) is 26.0 Å². The van der Waals surface area contributed by atoms with E-state index in [1.807, 2.05) is 12.1 Å². The molecule has 0 aliphatic rings. The van der Waals surface area contributed by atoms with Gasteiger partial charge in [0.15, 0.2) is 6.10 Å². The lowest BCUT2D eigenvalue weighted by Gasteiger charge is -2.16. The van der Waals surface area contributed by atoms with E-state index in [4.69, 9.17) is 10.5 Å². The maximum absolute atomic E-state index is 11.6. The zero-order valence-electron chi connectivity index (χ0n) is 19.8. The van der Waals surface area contributed by atoms with Gasteiger partial charge in [0.2, 0.25) is 0 Å². The summed E-state index contributed by atoms with van der Waals surface area (Å²) >= 11 is 0. The summed E-state index contributed by atoms with van der Waals surface area (Å²) in [6.07, 6.45) is 21.1. The highest BCUT2D eigenvalue weighted by Gasteiger charge is 2.16. The topological polar surface area (TPSA) is 52.3 Å². The second-order valence-corrected chi connectivity index (χ2v) is 8.79. The van der Waals surface area contributed by atoms with Crippen molar-refractivity contribution in [3.8, 4) is 5.75 Å². The fourth-order valence-electron chi connectivity index (χ4n) is 3.93. The summed E-state index contributed by atoms with van der Waals surface area (Å²) in [5, 5.41) is 0. The molecule has 1 unspecified atom stereocenters. The van der Waals surface area contributed by atoms with Crippen molar-refractivity contribution < 1.29 is 9.53 Å². The van der Waals surface area contributed by atoms with E-state index in [9.17, 15) is 4.79 Å². The van der Waals surface area contributed by atoms with Crippen LogP contribution < -0.4 is 10.5 Å². The maximum Gasteiger partial charge on any atom is 0.258 e. The van der Waals surface area contributed by atoms with Crippen LogP contribution in [-0.4, -0.2) is 12.0 Å². The molecular formula is C27H47NO2. The van der Waals surface area contributed by atoms with E-state index < -0.39 is 6.10 Å². The van der Waals surface area contributed by atoms with Crippen molar-refractivity contribution in [3.63, 3.8) is 0 Å². The number of primary amides is 1. The van der Waals surface area contributed by atoms with Crippen molar-refractivity contribution in [2.24, 2.45) is 5.73 Å². The van der Waals surface area contributed by atoms with Gasteiger partial charge in [0.1, 0.15) is 5.75 Å². The van der Waals surface area contributed by atoms with Crippen LogP contribution in [0.4, 0.5) is 0 Å². The quantitative estimate of drug-likeness (QED) is 0.220. The number of hydrogen-bond acceptors (Lipinski definition) is 2. The first-order chi connectivity index (χ1) is 14.7. The molecule has 1 rings (SSSR count). The molecular weight excluding hydrogens is 370 g/mol. The molecule has 0 aromatic heterocycles. The van der Waals surface area contributed by atoms with Crippen LogP contribution in [0, 0.1) is 0 Å². The number of nitrogens with two attached hydrogens (primary N) is 1. The van der Waals surface area contributed by atoms with Crippen LogP contribution in [0.3, 0.4) is 0 Å². The summed E-state index contributed by atoms with van der Waals surface area (Å²) in [5.41, 5.74) is 6.78. The number of rotatable bonds is 20. The number of ether oxygens (including phenoxy) is 1. The van der Waals surface area contributed by atoms with Gasteiger partial charge in [0.05, 0.1) is 0 Å². The Morgan fingerprint density at radius 2 is 1.33 bits per heavy atom.